The number of hydrazone groups is 1. The minimum absolute atomic E-state index is 0.000584. The van der Waals surface area contributed by atoms with E-state index in [0.717, 1.165) is 5.56 Å². The van der Waals surface area contributed by atoms with E-state index in [9.17, 15) is 0 Å². The van der Waals surface area contributed by atoms with Crippen molar-refractivity contribution in [2.75, 3.05) is 4.90 Å². The first-order valence-electron chi connectivity index (χ1n) is 7.86. The highest BCUT2D eigenvalue weighted by Crippen LogP contribution is 2.41. The van der Waals surface area contributed by atoms with Crippen molar-refractivity contribution in [2.24, 2.45) is 10.8 Å². The van der Waals surface area contributed by atoms with Gasteiger partial charge in [0.15, 0.2) is 5.11 Å². The summed E-state index contributed by atoms with van der Waals surface area (Å²) in [5.74, 6) is 0. The van der Waals surface area contributed by atoms with Crippen LogP contribution in [-0.2, 0) is 0 Å². The van der Waals surface area contributed by atoms with Crippen LogP contribution in [0.4, 0.5) is 5.69 Å². The van der Waals surface area contributed by atoms with E-state index in [1.165, 1.54) is 22.4 Å². The molecule has 5 heteroatoms. The topological polar surface area (TPSA) is 53.6 Å². The first kappa shape index (κ1) is 17.5. The summed E-state index contributed by atoms with van der Waals surface area (Å²) in [4.78, 5) is 2.47. The van der Waals surface area contributed by atoms with E-state index in [0.29, 0.717) is 6.04 Å². The molecule has 0 aromatic heterocycles. The summed E-state index contributed by atoms with van der Waals surface area (Å²) in [6.07, 6.45) is 4.10. The standard InChI is InChI=1S/C18H26N4S/c1-11(2)22-16-7-12(3)14(10-20-21-17(19)23)8-15(16)13(4)9-18(22,5)6/h7-11H,1-6H3,(H3,19,21,23)/b20-10-. The number of thiocarbonyl (C=S) groups is 1. The van der Waals surface area contributed by atoms with Gasteiger partial charge in [0.25, 0.3) is 0 Å². The molecular weight excluding hydrogens is 304 g/mol. The van der Waals surface area contributed by atoms with Crippen molar-refractivity contribution < 1.29 is 0 Å². The maximum atomic E-state index is 5.40. The Hall–Kier alpha value is -1.88. The lowest BCUT2D eigenvalue weighted by Crippen LogP contribution is -2.49. The van der Waals surface area contributed by atoms with E-state index >= 15 is 0 Å². The molecule has 1 aliphatic rings. The molecule has 1 aromatic rings. The Kier molecular flexibility index (Phi) is 4.80. The number of hydrogen-bond acceptors (Lipinski definition) is 3. The maximum absolute atomic E-state index is 5.40. The molecule has 0 amide bonds. The SMILES string of the molecule is CC1=CC(C)(C)N(C(C)C)c2cc(C)c(/C=N\NC(N)=S)cc21. The minimum Gasteiger partial charge on any atom is -0.375 e. The molecule has 0 atom stereocenters. The highest BCUT2D eigenvalue weighted by molar-refractivity contribution is 7.80. The fourth-order valence-corrected chi connectivity index (χ4v) is 3.51. The maximum Gasteiger partial charge on any atom is 0.184 e. The van der Waals surface area contributed by atoms with Crippen LogP contribution >= 0.6 is 12.2 Å². The molecule has 4 nitrogen and oxygen atoms in total. The van der Waals surface area contributed by atoms with Gasteiger partial charge in [0.05, 0.1) is 11.8 Å². The number of nitrogens with zero attached hydrogens (tertiary/aromatic N) is 2. The predicted molar refractivity (Wildman–Crippen MR) is 104 cm³/mol. The van der Waals surface area contributed by atoms with E-state index in [1.54, 1.807) is 6.21 Å². The molecule has 0 saturated carbocycles. The third kappa shape index (κ3) is 3.55. The number of benzene rings is 1. The number of hydrogen-bond donors (Lipinski definition) is 2. The molecule has 0 spiro atoms. The molecule has 0 bridgehead atoms. The molecule has 1 aliphatic heterocycles. The first-order valence-corrected chi connectivity index (χ1v) is 8.26. The molecule has 0 aliphatic carbocycles. The second kappa shape index (κ2) is 6.32. The van der Waals surface area contributed by atoms with Crippen molar-refractivity contribution in [3.63, 3.8) is 0 Å². The van der Waals surface area contributed by atoms with Gasteiger partial charge in [0, 0.05) is 17.3 Å². The molecule has 0 unspecified atom stereocenters. The fraction of sp³-hybridized carbons (Fsp3) is 0.444. The normalized spacial score (nSPS) is 16.5. The first-order chi connectivity index (χ1) is 10.6. The molecule has 0 saturated heterocycles. The van der Waals surface area contributed by atoms with E-state index in [1.807, 2.05) is 0 Å². The lowest BCUT2D eigenvalue weighted by molar-refractivity contribution is 0.507. The van der Waals surface area contributed by atoms with Crippen LogP contribution in [0.3, 0.4) is 0 Å². The van der Waals surface area contributed by atoms with Gasteiger partial charge >= 0.3 is 0 Å². The zero-order valence-electron chi connectivity index (χ0n) is 14.8. The Labute approximate surface area is 144 Å². The van der Waals surface area contributed by atoms with Crippen molar-refractivity contribution in [2.45, 2.75) is 53.1 Å². The zero-order valence-corrected chi connectivity index (χ0v) is 15.6. The van der Waals surface area contributed by atoms with Gasteiger partial charge in [0.2, 0.25) is 0 Å². The van der Waals surface area contributed by atoms with Crippen LogP contribution in [0.15, 0.2) is 23.3 Å². The second-order valence-corrected chi connectivity index (χ2v) is 7.34. The average Bonchev–Trinajstić information content (AvgIpc) is 2.38. The van der Waals surface area contributed by atoms with Crippen LogP contribution in [0.25, 0.3) is 5.57 Å². The highest BCUT2D eigenvalue weighted by atomic mass is 32.1. The van der Waals surface area contributed by atoms with Crippen LogP contribution in [0.5, 0.6) is 0 Å². The van der Waals surface area contributed by atoms with E-state index in [4.69, 9.17) is 18.0 Å². The van der Waals surface area contributed by atoms with Gasteiger partial charge in [-0.25, -0.2) is 0 Å². The molecule has 3 N–H and O–H groups in total. The van der Waals surface area contributed by atoms with Crippen LogP contribution < -0.4 is 16.1 Å². The number of rotatable bonds is 3. The van der Waals surface area contributed by atoms with Crippen molar-refractivity contribution in [3.05, 3.63) is 34.9 Å². The molecule has 1 aromatic carbocycles. The summed E-state index contributed by atoms with van der Waals surface area (Å²) in [7, 11) is 0. The number of anilines is 1. The summed E-state index contributed by atoms with van der Waals surface area (Å²) in [5, 5.41) is 4.25. The van der Waals surface area contributed by atoms with Crippen LogP contribution in [-0.4, -0.2) is 22.9 Å². The summed E-state index contributed by atoms with van der Waals surface area (Å²) >= 11 is 4.77. The summed E-state index contributed by atoms with van der Waals surface area (Å²) in [6.45, 7) is 13.3. The Bertz CT molecular complexity index is 687. The quantitative estimate of drug-likeness (QED) is 0.505. The Balaban J connectivity index is 2.53. The second-order valence-electron chi connectivity index (χ2n) is 6.90. The van der Waals surface area contributed by atoms with E-state index in [-0.39, 0.29) is 10.7 Å². The van der Waals surface area contributed by atoms with Crippen LogP contribution in [0.2, 0.25) is 0 Å². The third-order valence-electron chi connectivity index (χ3n) is 4.15. The van der Waals surface area contributed by atoms with Crippen molar-refractivity contribution in [1.82, 2.24) is 5.43 Å². The molecule has 0 fully saturated rings. The molecule has 0 radical (unpaired) electrons. The van der Waals surface area contributed by atoms with Gasteiger partial charge in [-0.05, 0) is 82.6 Å². The van der Waals surface area contributed by atoms with E-state index in [2.05, 4.69) is 75.2 Å². The van der Waals surface area contributed by atoms with Crippen molar-refractivity contribution in [1.29, 1.82) is 0 Å². The van der Waals surface area contributed by atoms with Crippen molar-refractivity contribution >= 4 is 34.8 Å². The van der Waals surface area contributed by atoms with Crippen LogP contribution in [0, 0.1) is 6.92 Å². The Morgan fingerprint density at radius 2 is 2.00 bits per heavy atom. The van der Waals surface area contributed by atoms with Gasteiger partial charge in [0.1, 0.15) is 0 Å². The number of nitrogens with one attached hydrogen (secondary N) is 1. The number of aryl methyl sites for hydroxylation is 1. The Morgan fingerprint density at radius 1 is 1.35 bits per heavy atom. The molecule has 23 heavy (non-hydrogen) atoms. The Morgan fingerprint density at radius 3 is 2.57 bits per heavy atom. The summed E-state index contributed by atoms with van der Waals surface area (Å²) in [5.41, 5.74) is 14.1. The molecule has 2 rings (SSSR count). The molecular formula is C18H26N4S. The molecule has 124 valence electrons. The summed E-state index contributed by atoms with van der Waals surface area (Å²) < 4.78 is 0. The summed E-state index contributed by atoms with van der Waals surface area (Å²) in [6, 6.07) is 4.85. The lowest BCUT2D eigenvalue weighted by atomic mass is 9.86. The van der Waals surface area contributed by atoms with Gasteiger partial charge in [-0.1, -0.05) is 6.08 Å². The van der Waals surface area contributed by atoms with Gasteiger partial charge in [-0.2, -0.15) is 5.10 Å². The highest BCUT2D eigenvalue weighted by Gasteiger charge is 2.33. The largest absolute Gasteiger partial charge is 0.375 e. The molecule has 1 heterocycles. The zero-order chi connectivity index (χ0) is 17.4. The fourth-order valence-electron chi connectivity index (χ4n) is 3.46. The van der Waals surface area contributed by atoms with Gasteiger partial charge in [-0.3, -0.25) is 5.43 Å². The van der Waals surface area contributed by atoms with Gasteiger partial charge in [-0.15, -0.1) is 0 Å². The minimum atomic E-state index is 0.000584. The third-order valence-corrected chi connectivity index (χ3v) is 4.25. The van der Waals surface area contributed by atoms with Gasteiger partial charge < -0.3 is 10.6 Å². The number of allylic oxidation sites excluding steroid dienone is 1. The lowest BCUT2D eigenvalue weighted by Gasteiger charge is -2.46. The average molecular weight is 331 g/mol. The van der Waals surface area contributed by atoms with E-state index < -0.39 is 0 Å². The van der Waals surface area contributed by atoms with Crippen LogP contribution in [0.1, 0.15) is 51.3 Å². The van der Waals surface area contributed by atoms with Crippen molar-refractivity contribution in [3.8, 4) is 0 Å². The number of fused-ring (bicyclic) bond motifs is 1. The smallest absolute Gasteiger partial charge is 0.184 e. The monoisotopic (exact) mass is 330 g/mol. The predicted octanol–water partition coefficient (Wildman–Crippen LogP) is 3.57. The number of nitrogens with two attached hydrogens (primary N) is 1.